The van der Waals surface area contributed by atoms with E-state index in [4.69, 9.17) is 22.0 Å². The van der Waals surface area contributed by atoms with Crippen LogP contribution in [0.5, 0.6) is 0 Å². The van der Waals surface area contributed by atoms with Gasteiger partial charge in [0.1, 0.15) is 17.8 Å². The SMILES string of the molecule is NCC[C@@H](N)c1cnn(C[C@@H]2[C@H](NC(=O)/C(=N\OC3(C(=O)O)CCCC3)c3csc(N)n3)C(=O)N2S(=O)(=O)O)n1. The lowest BCUT2D eigenvalue weighted by Crippen LogP contribution is -2.73. The van der Waals surface area contributed by atoms with Crippen LogP contribution in [0.2, 0.25) is 0 Å². The number of nitrogens with one attached hydrogen (secondary N) is 1. The monoisotopic (exact) mass is 600 g/mol. The molecule has 0 bridgehead atoms. The van der Waals surface area contributed by atoms with Crippen LogP contribution in [0.3, 0.4) is 0 Å². The summed E-state index contributed by atoms with van der Waals surface area (Å²) >= 11 is 0.975. The van der Waals surface area contributed by atoms with Gasteiger partial charge in [0, 0.05) is 18.2 Å². The van der Waals surface area contributed by atoms with Crippen molar-refractivity contribution in [1.82, 2.24) is 29.6 Å². The highest BCUT2D eigenvalue weighted by atomic mass is 32.2. The van der Waals surface area contributed by atoms with Gasteiger partial charge in [-0.3, -0.25) is 14.1 Å². The minimum atomic E-state index is -5.00. The number of rotatable bonds is 12. The Labute approximate surface area is 231 Å². The number of carboxylic acids is 1. The van der Waals surface area contributed by atoms with Crippen LogP contribution in [-0.4, -0.2) is 90.1 Å². The number of amides is 2. The van der Waals surface area contributed by atoms with Crippen molar-refractivity contribution in [3.8, 4) is 0 Å². The summed E-state index contributed by atoms with van der Waals surface area (Å²) in [7, 11) is -5.00. The van der Waals surface area contributed by atoms with Crippen LogP contribution >= 0.6 is 11.3 Å². The molecular formula is C20H28N10O8S2. The Morgan fingerprint density at radius 2 is 2.05 bits per heavy atom. The topological polar surface area (TPSA) is 284 Å². The van der Waals surface area contributed by atoms with Crippen molar-refractivity contribution in [2.45, 2.75) is 62.4 Å². The molecule has 2 fully saturated rings. The average molecular weight is 601 g/mol. The Morgan fingerprint density at radius 1 is 1.35 bits per heavy atom. The van der Waals surface area contributed by atoms with Gasteiger partial charge in [-0.15, -0.1) is 11.3 Å². The fraction of sp³-hybridized carbons (Fsp3) is 0.550. The molecule has 2 aromatic heterocycles. The molecule has 2 aromatic rings. The van der Waals surface area contributed by atoms with Gasteiger partial charge in [-0.1, -0.05) is 5.16 Å². The first kappa shape index (κ1) is 29.3. The predicted octanol–water partition coefficient (Wildman–Crippen LogP) is -2.02. The number of oxime groups is 1. The molecule has 1 aliphatic heterocycles. The molecule has 0 radical (unpaired) electrons. The van der Waals surface area contributed by atoms with Crippen LogP contribution in [0, 0.1) is 0 Å². The van der Waals surface area contributed by atoms with Crippen molar-refractivity contribution >= 4 is 50.3 Å². The number of carboxylic acid groups (broad SMARTS) is 1. The van der Waals surface area contributed by atoms with Crippen LogP contribution in [0.15, 0.2) is 16.7 Å². The van der Waals surface area contributed by atoms with Crippen molar-refractivity contribution in [3.05, 3.63) is 23.0 Å². The number of anilines is 1. The van der Waals surface area contributed by atoms with E-state index < -0.39 is 57.5 Å². The second-order valence-corrected chi connectivity index (χ2v) is 11.4. The summed E-state index contributed by atoms with van der Waals surface area (Å²) < 4.78 is 33.6. The van der Waals surface area contributed by atoms with Crippen molar-refractivity contribution in [2.75, 3.05) is 12.3 Å². The van der Waals surface area contributed by atoms with E-state index in [-0.39, 0.29) is 34.5 Å². The van der Waals surface area contributed by atoms with Crippen molar-refractivity contribution in [1.29, 1.82) is 0 Å². The van der Waals surface area contributed by atoms with E-state index in [2.05, 4.69) is 25.7 Å². The number of carbonyl (C=O) groups is 3. The Balaban J connectivity index is 1.59. The normalized spacial score (nSPS) is 21.6. The summed E-state index contributed by atoms with van der Waals surface area (Å²) in [4.78, 5) is 48.3. The van der Waals surface area contributed by atoms with Gasteiger partial charge in [-0.05, 0) is 25.8 Å². The third kappa shape index (κ3) is 5.89. The van der Waals surface area contributed by atoms with Crippen LogP contribution in [0.1, 0.15) is 49.5 Å². The summed E-state index contributed by atoms with van der Waals surface area (Å²) in [6.07, 6.45) is 3.25. The highest BCUT2D eigenvalue weighted by molar-refractivity contribution is 7.84. The number of nitrogens with two attached hydrogens (primary N) is 3. The third-order valence-corrected chi connectivity index (χ3v) is 8.18. The zero-order valence-corrected chi connectivity index (χ0v) is 22.5. The first-order valence-corrected chi connectivity index (χ1v) is 14.3. The lowest BCUT2D eigenvalue weighted by atomic mass is 9.98. The molecule has 0 unspecified atom stereocenters. The summed E-state index contributed by atoms with van der Waals surface area (Å²) in [6, 6.07) is -3.34. The van der Waals surface area contributed by atoms with E-state index in [0.29, 0.717) is 31.5 Å². The highest BCUT2D eigenvalue weighted by Crippen LogP contribution is 2.34. The maximum atomic E-state index is 13.3. The summed E-state index contributed by atoms with van der Waals surface area (Å²) in [5, 5.41) is 25.5. The Hall–Kier alpha value is -3.72. The molecular weight excluding hydrogens is 572 g/mol. The molecule has 40 heavy (non-hydrogen) atoms. The molecule has 2 amide bonds. The minimum absolute atomic E-state index is 0.0548. The number of hydrogen-bond donors (Lipinski definition) is 6. The molecule has 2 aliphatic rings. The Bertz CT molecular complexity index is 1420. The van der Waals surface area contributed by atoms with Gasteiger partial charge < -0.3 is 32.5 Å². The number of hydrogen-bond acceptors (Lipinski definition) is 14. The fourth-order valence-corrected chi connectivity index (χ4v) is 5.86. The Kier molecular flexibility index (Phi) is 8.35. The molecule has 3 atom stereocenters. The van der Waals surface area contributed by atoms with Gasteiger partial charge >= 0.3 is 16.3 Å². The standard InChI is InChI=1S/C20H28N10O8S2/c21-6-3-10(22)11-7-24-29(27-11)8-13-15(17(32)30(13)40(35,36)37)26-16(31)14(12-9-39-19(23)25-12)28-38-20(18(33)34)4-1-2-5-20/h7,9-10,13,15H,1-6,8,21-22H2,(H2,23,25)(H,26,31)(H,33,34)(H,35,36,37)/b28-14-/t10-,13-,15+/m1/s1. The van der Waals surface area contributed by atoms with Gasteiger partial charge in [0.25, 0.3) is 11.8 Å². The molecule has 9 N–H and O–H groups in total. The van der Waals surface area contributed by atoms with E-state index in [1.807, 2.05) is 0 Å². The van der Waals surface area contributed by atoms with E-state index in [1.54, 1.807) is 0 Å². The number of nitrogen functional groups attached to an aromatic ring is 1. The highest BCUT2D eigenvalue weighted by Gasteiger charge is 2.55. The fourth-order valence-electron chi connectivity index (χ4n) is 4.44. The summed E-state index contributed by atoms with van der Waals surface area (Å²) in [5.41, 5.74) is 15.3. The lowest BCUT2D eigenvalue weighted by Gasteiger charge is -2.43. The molecule has 20 heteroatoms. The molecule has 1 aliphatic carbocycles. The minimum Gasteiger partial charge on any atom is -0.478 e. The predicted molar refractivity (Wildman–Crippen MR) is 138 cm³/mol. The van der Waals surface area contributed by atoms with Crippen LogP contribution < -0.4 is 22.5 Å². The maximum absolute atomic E-state index is 13.3. The first-order chi connectivity index (χ1) is 18.9. The van der Waals surface area contributed by atoms with Crippen molar-refractivity contribution in [3.63, 3.8) is 0 Å². The van der Waals surface area contributed by atoms with E-state index >= 15 is 0 Å². The van der Waals surface area contributed by atoms with Gasteiger partial charge in [-0.25, -0.2) is 14.1 Å². The van der Waals surface area contributed by atoms with Gasteiger partial charge in [-0.2, -0.15) is 23.4 Å². The van der Waals surface area contributed by atoms with Crippen molar-refractivity contribution in [2.24, 2.45) is 16.6 Å². The van der Waals surface area contributed by atoms with Crippen LogP contribution in [-0.2, 0) is 36.1 Å². The largest absolute Gasteiger partial charge is 0.478 e. The summed E-state index contributed by atoms with van der Waals surface area (Å²) in [6.45, 7) is -0.0534. The maximum Gasteiger partial charge on any atom is 0.362 e. The Morgan fingerprint density at radius 3 is 2.62 bits per heavy atom. The van der Waals surface area contributed by atoms with Crippen LogP contribution in [0.25, 0.3) is 0 Å². The second kappa shape index (κ2) is 11.4. The lowest BCUT2D eigenvalue weighted by molar-refractivity contribution is -0.165. The van der Waals surface area contributed by atoms with Gasteiger partial charge in [0.2, 0.25) is 5.60 Å². The number of nitrogens with zero attached hydrogens (tertiary/aromatic N) is 6. The zero-order chi connectivity index (χ0) is 29.2. The number of aliphatic carboxylic acids is 1. The van der Waals surface area contributed by atoms with Gasteiger partial charge in [0.15, 0.2) is 10.8 Å². The zero-order valence-electron chi connectivity index (χ0n) is 20.9. The second-order valence-electron chi connectivity index (χ2n) is 9.25. The number of β-lactam (4-membered cyclic amide) rings is 1. The summed E-state index contributed by atoms with van der Waals surface area (Å²) in [5.74, 6) is -3.41. The molecule has 218 valence electrons. The molecule has 1 saturated heterocycles. The number of thiazole rings is 1. The molecule has 1 saturated carbocycles. The van der Waals surface area contributed by atoms with E-state index in [1.165, 1.54) is 11.6 Å². The molecule has 4 rings (SSSR count). The molecule has 0 aromatic carbocycles. The quantitative estimate of drug-likeness (QED) is 0.0664. The number of aromatic nitrogens is 4. The average Bonchev–Trinajstić information content (AvgIpc) is 3.64. The van der Waals surface area contributed by atoms with Crippen LogP contribution in [0.4, 0.5) is 5.13 Å². The number of carbonyl (C=O) groups excluding carboxylic acids is 2. The van der Waals surface area contributed by atoms with E-state index in [9.17, 15) is 32.5 Å². The van der Waals surface area contributed by atoms with Gasteiger partial charge in [0.05, 0.1) is 24.5 Å². The third-order valence-electron chi connectivity index (χ3n) is 6.56. The molecule has 3 heterocycles. The first-order valence-electron chi connectivity index (χ1n) is 12.0. The van der Waals surface area contributed by atoms with E-state index in [0.717, 1.165) is 16.1 Å². The molecule has 18 nitrogen and oxygen atoms in total. The molecule has 0 spiro atoms. The smallest absolute Gasteiger partial charge is 0.362 e. The van der Waals surface area contributed by atoms with Crippen molar-refractivity contribution < 1.29 is 37.3 Å².